The standard InChI is InChI=1S/C16H14BrN3O/c17-13-6-4-5-12(11-13)16-19-15(21-20-16)9-10-18-14-7-2-1-3-8-14/h1-8,11,18H,9-10H2. The molecule has 0 saturated heterocycles. The fourth-order valence-corrected chi connectivity index (χ4v) is 2.37. The van der Waals surface area contributed by atoms with Crippen LogP contribution in [0.2, 0.25) is 0 Å². The maximum absolute atomic E-state index is 5.28. The van der Waals surface area contributed by atoms with Gasteiger partial charge in [0.15, 0.2) is 0 Å². The molecule has 0 fully saturated rings. The molecule has 0 aliphatic rings. The van der Waals surface area contributed by atoms with Crippen molar-refractivity contribution in [3.63, 3.8) is 0 Å². The Labute approximate surface area is 131 Å². The maximum Gasteiger partial charge on any atom is 0.228 e. The molecule has 0 unspecified atom stereocenters. The van der Waals surface area contributed by atoms with Crippen LogP contribution in [0.1, 0.15) is 5.89 Å². The van der Waals surface area contributed by atoms with Gasteiger partial charge >= 0.3 is 0 Å². The van der Waals surface area contributed by atoms with Crippen LogP contribution in [-0.2, 0) is 6.42 Å². The van der Waals surface area contributed by atoms with E-state index in [1.807, 2.05) is 54.6 Å². The predicted octanol–water partition coefficient (Wildman–Crippen LogP) is 4.15. The average molecular weight is 344 g/mol. The summed E-state index contributed by atoms with van der Waals surface area (Å²) < 4.78 is 6.28. The Bertz CT molecular complexity index is 712. The summed E-state index contributed by atoms with van der Waals surface area (Å²) in [6, 6.07) is 17.9. The van der Waals surface area contributed by atoms with Gasteiger partial charge in [-0.25, -0.2) is 0 Å². The molecule has 2 aromatic carbocycles. The zero-order chi connectivity index (χ0) is 14.5. The summed E-state index contributed by atoms with van der Waals surface area (Å²) in [6.07, 6.45) is 0.690. The first-order valence-electron chi connectivity index (χ1n) is 6.69. The summed E-state index contributed by atoms with van der Waals surface area (Å²) >= 11 is 3.44. The lowest BCUT2D eigenvalue weighted by Gasteiger charge is -2.02. The zero-order valence-corrected chi connectivity index (χ0v) is 12.9. The molecule has 0 saturated carbocycles. The molecule has 0 amide bonds. The highest BCUT2D eigenvalue weighted by Gasteiger charge is 2.08. The molecule has 0 aliphatic heterocycles. The Hall–Kier alpha value is -2.14. The number of nitrogens with zero attached hydrogens (tertiary/aromatic N) is 2. The molecule has 21 heavy (non-hydrogen) atoms. The van der Waals surface area contributed by atoms with E-state index in [0.717, 1.165) is 22.3 Å². The van der Waals surface area contributed by atoms with Crippen molar-refractivity contribution in [1.82, 2.24) is 10.1 Å². The molecule has 0 bridgehead atoms. The lowest BCUT2D eigenvalue weighted by Crippen LogP contribution is -2.04. The highest BCUT2D eigenvalue weighted by molar-refractivity contribution is 9.10. The summed E-state index contributed by atoms with van der Waals surface area (Å²) in [5, 5.41) is 7.33. The lowest BCUT2D eigenvalue weighted by molar-refractivity contribution is 0.381. The van der Waals surface area contributed by atoms with Crippen LogP contribution in [-0.4, -0.2) is 16.7 Å². The summed E-state index contributed by atoms with van der Waals surface area (Å²) in [6.45, 7) is 0.754. The summed E-state index contributed by atoms with van der Waals surface area (Å²) in [5.74, 6) is 1.25. The van der Waals surface area contributed by atoms with Crippen molar-refractivity contribution >= 4 is 21.6 Å². The van der Waals surface area contributed by atoms with E-state index in [2.05, 4.69) is 31.4 Å². The van der Waals surface area contributed by atoms with Gasteiger partial charge in [-0.05, 0) is 24.3 Å². The number of benzene rings is 2. The minimum absolute atomic E-state index is 0.617. The highest BCUT2D eigenvalue weighted by atomic mass is 79.9. The molecule has 1 aromatic heterocycles. The van der Waals surface area contributed by atoms with Gasteiger partial charge in [-0.3, -0.25) is 0 Å². The molecule has 5 heteroatoms. The van der Waals surface area contributed by atoms with Crippen LogP contribution in [0.3, 0.4) is 0 Å². The van der Waals surface area contributed by atoms with E-state index in [1.165, 1.54) is 0 Å². The van der Waals surface area contributed by atoms with Gasteiger partial charge in [0.05, 0.1) is 0 Å². The summed E-state index contributed by atoms with van der Waals surface area (Å²) in [5.41, 5.74) is 2.03. The zero-order valence-electron chi connectivity index (χ0n) is 11.3. The Kier molecular flexibility index (Phi) is 4.31. The van der Waals surface area contributed by atoms with Gasteiger partial charge in [-0.15, -0.1) is 0 Å². The number of anilines is 1. The quantitative estimate of drug-likeness (QED) is 0.755. The van der Waals surface area contributed by atoms with E-state index < -0.39 is 0 Å². The van der Waals surface area contributed by atoms with Crippen molar-refractivity contribution in [3.05, 3.63) is 65.0 Å². The second-order valence-electron chi connectivity index (χ2n) is 4.56. The minimum Gasteiger partial charge on any atom is -0.385 e. The van der Waals surface area contributed by atoms with Gasteiger partial charge in [-0.2, -0.15) is 4.98 Å². The monoisotopic (exact) mass is 343 g/mol. The van der Waals surface area contributed by atoms with Crippen LogP contribution in [0.15, 0.2) is 63.6 Å². The molecule has 4 nitrogen and oxygen atoms in total. The number of para-hydroxylation sites is 1. The van der Waals surface area contributed by atoms with Gasteiger partial charge in [0.25, 0.3) is 0 Å². The van der Waals surface area contributed by atoms with Crippen molar-refractivity contribution in [3.8, 4) is 11.4 Å². The predicted molar refractivity (Wildman–Crippen MR) is 86.1 cm³/mol. The second-order valence-corrected chi connectivity index (χ2v) is 5.48. The molecular formula is C16H14BrN3O. The van der Waals surface area contributed by atoms with Gasteiger partial charge in [0.2, 0.25) is 11.7 Å². The van der Waals surface area contributed by atoms with E-state index in [1.54, 1.807) is 0 Å². The average Bonchev–Trinajstić information content (AvgIpc) is 2.97. The van der Waals surface area contributed by atoms with Gasteiger partial charge in [0, 0.05) is 28.7 Å². The number of hydrogen-bond acceptors (Lipinski definition) is 4. The second kappa shape index (κ2) is 6.54. The van der Waals surface area contributed by atoms with Crippen LogP contribution in [0.25, 0.3) is 11.4 Å². The van der Waals surface area contributed by atoms with E-state index in [-0.39, 0.29) is 0 Å². The molecule has 0 radical (unpaired) electrons. The first-order valence-corrected chi connectivity index (χ1v) is 7.48. The third-order valence-electron chi connectivity index (χ3n) is 2.99. The van der Waals surface area contributed by atoms with Crippen molar-refractivity contribution in [1.29, 1.82) is 0 Å². The molecule has 106 valence electrons. The van der Waals surface area contributed by atoms with Crippen molar-refractivity contribution < 1.29 is 4.52 Å². The molecule has 0 atom stereocenters. The summed E-state index contributed by atoms with van der Waals surface area (Å²) in [7, 11) is 0. The van der Waals surface area contributed by atoms with E-state index >= 15 is 0 Å². The molecule has 0 spiro atoms. The molecule has 1 N–H and O–H groups in total. The van der Waals surface area contributed by atoms with Crippen LogP contribution in [0.4, 0.5) is 5.69 Å². The van der Waals surface area contributed by atoms with E-state index in [9.17, 15) is 0 Å². The molecular weight excluding hydrogens is 330 g/mol. The molecule has 3 aromatic rings. The van der Waals surface area contributed by atoms with E-state index in [0.29, 0.717) is 18.1 Å². The number of rotatable bonds is 5. The van der Waals surface area contributed by atoms with Crippen LogP contribution in [0.5, 0.6) is 0 Å². The first-order chi connectivity index (χ1) is 10.3. The van der Waals surface area contributed by atoms with Crippen LogP contribution >= 0.6 is 15.9 Å². The van der Waals surface area contributed by atoms with Gasteiger partial charge in [0.1, 0.15) is 0 Å². The van der Waals surface area contributed by atoms with Crippen LogP contribution < -0.4 is 5.32 Å². The Morgan fingerprint density at radius 1 is 1.05 bits per heavy atom. The van der Waals surface area contributed by atoms with E-state index in [4.69, 9.17) is 4.52 Å². The van der Waals surface area contributed by atoms with Crippen molar-refractivity contribution in [2.45, 2.75) is 6.42 Å². The Morgan fingerprint density at radius 3 is 2.71 bits per heavy atom. The number of aromatic nitrogens is 2. The smallest absolute Gasteiger partial charge is 0.228 e. The number of hydrogen-bond donors (Lipinski definition) is 1. The number of halogens is 1. The van der Waals surface area contributed by atoms with Crippen molar-refractivity contribution in [2.75, 3.05) is 11.9 Å². The fourth-order valence-electron chi connectivity index (χ4n) is 1.97. The molecule has 3 rings (SSSR count). The molecule has 0 aliphatic carbocycles. The van der Waals surface area contributed by atoms with Gasteiger partial charge < -0.3 is 9.84 Å². The topological polar surface area (TPSA) is 51.0 Å². The van der Waals surface area contributed by atoms with Crippen molar-refractivity contribution in [2.24, 2.45) is 0 Å². The normalized spacial score (nSPS) is 10.5. The summed E-state index contributed by atoms with van der Waals surface area (Å²) in [4.78, 5) is 4.41. The first kappa shape index (κ1) is 13.8. The maximum atomic E-state index is 5.28. The Balaban J connectivity index is 1.60. The van der Waals surface area contributed by atoms with Crippen LogP contribution in [0, 0.1) is 0 Å². The third kappa shape index (κ3) is 3.70. The SMILES string of the molecule is Brc1cccc(-c2noc(CCNc3ccccc3)n2)c1. The third-order valence-corrected chi connectivity index (χ3v) is 3.49. The lowest BCUT2D eigenvalue weighted by atomic mass is 10.2. The largest absolute Gasteiger partial charge is 0.385 e. The number of nitrogens with one attached hydrogen (secondary N) is 1. The highest BCUT2D eigenvalue weighted by Crippen LogP contribution is 2.20. The fraction of sp³-hybridized carbons (Fsp3) is 0.125. The van der Waals surface area contributed by atoms with Gasteiger partial charge in [-0.1, -0.05) is 51.4 Å². The minimum atomic E-state index is 0.617. The Morgan fingerprint density at radius 2 is 1.90 bits per heavy atom. The molecule has 1 heterocycles.